The summed E-state index contributed by atoms with van der Waals surface area (Å²) in [6.45, 7) is 6.46. The van der Waals surface area contributed by atoms with Crippen molar-refractivity contribution < 1.29 is 9.53 Å². The molecule has 2 aromatic carbocycles. The Bertz CT molecular complexity index is 1180. The van der Waals surface area contributed by atoms with E-state index in [-0.39, 0.29) is 5.91 Å². The largest absolute Gasteiger partial charge is 0.379 e. The van der Waals surface area contributed by atoms with Gasteiger partial charge < -0.3 is 10.1 Å². The van der Waals surface area contributed by atoms with E-state index in [1.807, 2.05) is 31.2 Å². The van der Waals surface area contributed by atoms with Crippen LogP contribution >= 0.6 is 23.4 Å². The van der Waals surface area contributed by atoms with E-state index in [0.29, 0.717) is 27.5 Å². The van der Waals surface area contributed by atoms with E-state index in [1.54, 1.807) is 40.8 Å². The van der Waals surface area contributed by atoms with E-state index in [2.05, 4.69) is 21.4 Å². The van der Waals surface area contributed by atoms with Gasteiger partial charge in [-0.05, 0) is 68.1 Å². The zero-order valence-corrected chi connectivity index (χ0v) is 20.5. The summed E-state index contributed by atoms with van der Waals surface area (Å²) in [6.07, 6.45) is 2.59. The fourth-order valence-electron chi connectivity index (χ4n) is 3.79. The number of nitrogens with one attached hydrogen (secondary N) is 1. The first-order valence-electron chi connectivity index (χ1n) is 11.1. The molecule has 0 unspecified atom stereocenters. The second-order valence-electron chi connectivity index (χ2n) is 7.96. The van der Waals surface area contributed by atoms with Crippen LogP contribution in [0.3, 0.4) is 0 Å². The molecule has 34 heavy (non-hydrogen) atoms. The van der Waals surface area contributed by atoms with Gasteiger partial charge in [-0.15, -0.1) is 11.8 Å². The number of ether oxygens (including phenoxy) is 1. The lowest BCUT2D eigenvalue weighted by atomic mass is 10.2. The SMILES string of the molecule is Cc1c(C(=O)Nc2ccc(SCCCN3CCOCC3)c(C#N)c2)cnn1-c1ccc(Cl)cc1. The Labute approximate surface area is 208 Å². The van der Waals surface area contributed by atoms with E-state index in [9.17, 15) is 10.1 Å². The number of thioether (sulfide) groups is 1. The minimum absolute atomic E-state index is 0.271. The fourth-order valence-corrected chi connectivity index (χ4v) is 4.83. The van der Waals surface area contributed by atoms with Crippen LogP contribution in [0.5, 0.6) is 0 Å². The van der Waals surface area contributed by atoms with Crippen molar-refractivity contribution >= 4 is 35.0 Å². The summed E-state index contributed by atoms with van der Waals surface area (Å²) >= 11 is 7.64. The van der Waals surface area contributed by atoms with Crippen LogP contribution in [0, 0.1) is 18.3 Å². The van der Waals surface area contributed by atoms with Crippen molar-refractivity contribution in [3.8, 4) is 11.8 Å². The minimum atomic E-state index is -0.271. The Morgan fingerprint density at radius 2 is 2.00 bits per heavy atom. The van der Waals surface area contributed by atoms with Gasteiger partial charge in [0.25, 0.3) is 5.91 Å². The lowest BCUT2D eigenvalue weighted by Crippen LogP contribution is -2.36. The molecule has 1 aromatic heterocycles. The van der Waals surface area contributed by atoms with E-state index in [1.165, 1.54) is 0 Å². The molecule has 1 saturated heterocycles. The Morgan fingerprint density at radius 1 is 1.24 bits per heavy atom. The van der Waals surface area contributed by atoms with Crippen molar-refractivity contribution in [1.82, 2.24) is 14.7 Å². The minimum Gasteiger partial charge on any atom is -0.379 e. The van der Waals surface area contributed by atoms with Crippen LogP contribution in [0.2, 0.25) is 5.02 Å². The van der Waals surface area contributed by atoms with Crippen LogP contribution < -0.4 is 5.32 Å². The van der Waals surface area contributed by atoms with E-state index < -0.39 is 0 Å². The van der Waals surface area contributed by atoms with Crippen LogP contribution in [-0.4, -0.2) is 59.2 Å². The Morgan fingerprint density at radius 3 is 2.74 bits per heavy atom. The Balaban J connectivity index is 1.37. The van der Waals surface area contributed by atoms with Crippen molar-refractivity contribution in [3.05, 3.63) is 70.5 Å². The Kier molecular flexibility index (Phi) is 8.25. The molecule has 0 atom stereocenters. The third-order valence-electron chi connectivity index (χ3n) is 5.66. The van der Waals surface area contributed by atoms with Crippen molar-refractivity contribution in [2.75, 3.05) is 43.9 Å². The van der Waals surface area contributed by atoms with Gasteiger partial charge >= 0.3 is 0 Å². The van der Waals surface area contributed by atoms with Gasteiger partial charge in [0.2, 0.25) is 0 Å². The summed E-state index contributed by atoms with van der Waals surface area (Å²) in [5, 5.41) is 17.5. The zero-order chi connectivity index (χ0) is 23.9. The molecule has 1 fully saturated rings. The van der Waals surface area contributed by atoms with Crippen LogP contribution in [-0.2, 0) is 4.74 Å². The number of hydrogen-bond acceptors (Lipinski definition) is 6. The van der Waals surface area contributed by atoms with E-state index >= 15 is 0 Å². The molecular weight excluding hydrogens is 470 g/mol. The summed E-state index contributed by atoms with van der Waals surface area (Å²) in [4.78, 5) is 16.2. The van der Waals surface area contributed by atoms with Crippen LogP contribution in [0.25, 0.3) is 5.69 Å². The van der Waals surface area contributed by atoms with Gasteiger partial charge in [-0.1, -0.05) is 11.6 Å². The van der Waals surface area contributed by atoms with Crippen molar-refractivity contribution in [3.63, 3.8) is 0 Å². The maximum absolute atomic E-state index is 12.9. The molecule has 0 saturated carbocycles. The molecule has 176 valence electrons. The molecule has 0 spiro atoms. The molecule has 0 bridgehead atoms. The zero-order valence-electron chi connectivity index (χ0n) is 19.0. The normalized spacial score (nSPS) is 14.0. The third-order valence-corrected chi connectivity index (χ3v) is 7.08. The average molecular weight is 496 g/mol. The van der Waals surface area contributed by atoms with Gasteiger partial charge in [0.05, 0.1) is 41.9 Å². The summed E-state index contributed by atoms with van der Waals surface area (Å²) in [5.74, 6) is 0.661. The summed E-state index contributed by atoms with van der Waals surface area (Å²) in [7, 11) is 0. The molecule has 1 aliphatic rings. The highest BCUT2D eigenvalue weighted by Gasteiger charge is 2.16. The predicted octanol–water partition coefficient (Wildman–Crippen LogP) is 4.77. The first-order chi connectivity index (χ1) is 16.5. The van der Waals surface area contributed by atoms with Crippen LogP contribution in [0.1, 0.15) is 28.0 Å². The molecule has 1 N–H and O–H groups in total. The highest BCUT2D eigenvalue weighted by molar-refractivity contribution is 7.99. The topological polar surface area (TPSA) is 83.2 Å². The lowest BCUT2D eigenvalue weighted by molar-refractivity contribution is 0.0381. The number of hydrogen-bond donors (Lipinski definition) is 1. The second-order valence-corrected chi connectivity index (χ2v) is 9.54. The standard InChI is InChI=1S/C25H26ClN5O2S/c1-18-23(17-28-31(18)22-6-3-20(26)4-7-22)25(32)29-21-5-8-24(19(15-21)16-27)34-14-2-9-30-10-12-33-13-11-30/h3-8,15,17H,2,9-14H2,1H3,(H,29,32). The number of carbonyl (C=O) groups is 1. The molecule has 4 rings (SSSR count). The molecule has 7 nitrogen and oxygen atoms in total. The summed E-state index contributed by atoms with van der Waals surface area (Å²) in [6, 6.07) is 15.0. The molecule has 1 aliphatic heterocycles. The number of nitrogens with zero attached hydrogens (tertiary/aromatic N) is 4. The van der Waals surface area contributed by atoms with E-state index in [4.69, 9.17) is 16.3 Å². The Hall–Kier alpha value is -2.83. The maximum atomic E-state index is 12.9. The summed E-state index contributed by atoms with van der Waals surface area (Å²) < 4.78 is 7.08. The van der Waals surface area contributed by atoms with Crippen molar-refractivity contribution in [2.45, 2.75) is 18.2 Å². The van der Waals surface area contributed by atoms with Gasteiger partial charge in [-0.25, -0.2) is 4.68 Å². The number of nitriles is 1. The van der Waals surface area contributed by atoms with E-state index in [0.717, 1.165) is 55.6 Å². The molecule has 1 amide bonds. The molecule has 3 aromatic rings. The van der Waals surface area contributed by atoms with Gasteiger partial charge in [0, 0.05) is 28.7 Å². The fraction of sp³-hybridized carbons (Fsp3) is 0.320. The number of morpholine rings is 1. The number of aromatic nitrogens is 2. The maximum Gasteiger partial charge on any atom is 0.259 e. The molecule has 9 heteroatoms. The highest BCUT2D eigenvalue weighted by atomic mass is 35.5. The summed E-state index contributed by atoms with van der Waals surface area (Å²) in [5.41, 5.74) is 3.14. The number of amides is 1. The number of carbonyl (C=O) groups excluding carboxylic acids is 1. The van der Waals surface area contributed by atoms with Crippen LogP contribution in [0.15, 0.2) is 53.6 Å². The molecular formula is C25H26ClN5O2S. The van der Waals surface area contributed by atoms with Gasteiger partial charge in [-0.3, -0.25) is 9.69 Å². The third kappa shape index (κ3) is 5.99. The predicted molar refractivity (Wildman–Crippen MR) is 135 cm³/mol. The molecule has 2 heterocycles. The van der Waals surface area contributed by atoms with Crippen molar-refractivity contribution in [1.29, 1.82) is 5.26 Å². The first-order valence-corrected chi connectivity index (χ1v) is 12.5. The highest BCUT2D eigenvalue weighted by Crippen LogP contribution is 2.26. The smallest absolute Gasteiger partial charge is 0.259 e. The number of halogens is 1. The molecule has 0 radical (unpaired) electrons. The lowest BCUT2D eigenvalue weighted by Gasteiger charge is -2.26. The monoisotopic (exact) mass is 495 g/mol. The van der Waals surface area contributed by atoms with Crippen molar-refractivity contribution in [2.24, 2.45) is 0 Å². The molecule has 0 aliphatic carbocycles. The quantitative estimate of drug-likeness (QED) is 0.358. The number of rotatable bonds is 8. The number of benzene rings is 2. The van der Waals surface area contributed by atoms with Gasteiger partial charge in [0.15, 0.2) is 0 Å². The second kappa shape index (κ2) is 11.5. The van der Waals surface area contributed by atoms with Crippen LogP contribution in [0.4, 0.5) is 5.69 Å². The average Bonchev–Trinajstić information content (AvgIpc) is 3.25. The number of anilines is 1. The van der Waals surface area contributed by atoms with Gasteiger partial charge in [-0.2, -0.15) is 10.4 Å². The first kappa shape index (κ1) is 24.3. The van der Waals surface area contributed by atoms with Gasteiger partial charge in [0.1, 0.15) is 6.07 Å².